The first kappa shape index (κ1) is 11.6. The van der Waals surface area contributed by atoms with E-state index >= 15 is 0 Å². The molecule has 18 heavy (non-hydrogen) atoms. The Kier molecular flexibility index (Phi) is 2.99. The van der Waals surface area contributed by atoms with Gasteiger partial charge in [-0.25, -0.2) is 4.98 Å². The summed E-state index contributed by atoms with van der Waals surface area (Å²) in [4.78, 5) is 4.51. The molecule has 0 radical (unpaired) electrons. The number of nitrogens with zero attached hydrogens (tertiary/aromatic N) is 4. The molecule has 1 atom stereocenters. The molecule has 1 fully saturated rings. The molecule has 0 spiro atoms. The monoisotopic (exact) mass is 245 g/mol. The fraction of sp³-hybridized carbons (Fsp3) is 0.615. The van der Waals surface area contributed by atoms with Crippen LogP contribution in [0.1, 0.15) is 49.1 Å². The maximum absolute atomic E-state index is 4.51. The van der Waals surface area contributed by atoms with Gasteiger partial charge in [0, 0.05) is 11.8 Å². The Hall–Kier alpha value is -1.49. The van der Waals surface area contributed by atoms with E-state index in [0.29, 0.717) is 6.04 Å². The molecule has 2 aromatic rings. The number of hydrogen-bond donors (Lipinski definition) is 1. The van der Waals surface area contributed by atoms with Crippen LogP contribution >= 0.6 is 0 Å². The van der Waals surface area contributed by atoms with E-state index in [0.717, 1.165) is 36.0 Å². The van der Waals surface area contributed by atoms with E-state index in [4.69, 9.17) is 0 Å². The lowest BCUT2D eigenvalue weighted by molar-refractivity contribution is 0.501. The minimum atomic E-state index is 0.311. The lowest BCUT2D eigenvalue weighted by Crippen LogP contribution is -2.23. The second kappa shape index (κ2) is 4.65. The number of hydrogen-bond acceptors (Lipinski definition) is 4. The molecule has 2 aromatic heterocycles. The molecule has 0 saturated carbocycles. The molecule has 0 aliphatic carbocycles. The molecule has 3 rings (SSSR count). The van der Waals surface area contributed by atoms with Crippen LogP contribution in [-0.2, 0) is 0 Å². The van der Waals surface area contributed by atoms with Gasteiger partial charge >= 0.3 is 0 Å². The molecule has 0 amide bonds. The lowest BCUT2D eigenvalue weighted by atomic mass is 10.1. The van der Waals surface area contributed by atoms with E-state index in [1.54, 1.807) is 0 Å². The zero-order valence-corrected chi connectivity index (χ0v) is 11.0. The molecule has 3 heterocycles. The van der Waals surface area contributed by atoms with Crippen molar-refractivity contribution < 1.29 is 0 Å². The van der Waals surface area contributed by atoms with Crippen molar-refractivity contribution in [3.63, 3.8) is 0 Å². The third kappa shape index (κ3) is 1.99. The van der Waals surface area contributed by atoms with Crippen LogP contribution < -0.4 is 5.32 Å². The smallest absolute Gasteiger partial charge is 0.164 e. The fourth-order valence-electron chi connectivity index (χ4n) is 2.73. The van der Waals surface area contributed by atoms with E-state index in [1.807, 2.05) is 19.9 Å². The van der Waals surface area contributed by atoms with Crippen LogP contribution in [0.5, 0.6) is 0 Å². The molecular formula is C13H19N5. The number of fused-ring (bicyclic) bond motifs is 1. The first-order valence-corrected chi connectivity index (χ1v) is 6.68. The summed E-state index contributed by atoms with van der Waals surface area (Å²) in [7, 11) is 0. The van der Waals surface area contributed by atoms with Gasteiger partial charge in [0.05, 0.1) is 6.04 Å². The highest BCUT2D eigenvalue weighted by atomic mass is 15.3. The van der Waals surface area contributed by atoms with Crippen molar-refractivity contribution in [1.29, 1.82) is 0 Å². The summed E-state index contributed by atoms with van der Waals surface area (Å²) < 4.78 is 2.08. The Balaban J connectivity index is 2.06. The predicted molar refractivity (Wildman–Crippen MR) is 69.5 cm³/mol. The summed E-state index contributed by atoms with van der Waals surface area (Å²) in [5.74, 6) is 1.98. The standard InChI is InChI=1S/C13H19N5/c1-9-8-12-16-17-13(18(12)10(2)15-9)11-6-4-3-5-7-14-11/h8,11,14H,3-7H2,1-2H3. The van der Waals surface area contributed by atoms with E-state index in [-0.39, 0.29) is 0 Å². The van der Waals surface area contributed by atoms with Gasteiger partial charge in [-0.05, 0) is 33.2 Å². The highest BCUT2D eigenvalue weighted by molar-refractivity contribution is 5.40. The summed E-state index contributed by atoms with van der Waals surface area (Å²) in [6, 6.07) is 2.30. The van der Waals surface area contributed by atoms with Gasteiger partial charge in [-0.2, -0.15) is 0 Å². The van der Waals surface area contributed by atoms with Crippen LogP contribution in [0.4, 0.5) is 0 Å². The molecule has 0 aromatic carbocycles. The zero-order valence-electron chi connectivity index (χ0n) is 11.0. The Morgan fingerprint density at radius 2 is 2.11 bits per heavy atom. The topological polar surface area (TPSA) is 55.1 Å². The molecule has 1 aliphatic heterocycles. The summed E-state index contributed by atoms with van der Waals surface area (Å²) in [6.07, 6.45) is 4.94. The molecule has 1 aliphatic rings. The van der Waals surface area contributed by atoms with Gasteiger partial charge in [0.25, 0.3) is 0 Å². The van der Waals surface area contributed by atoms with Crippen molar-refractivity contribution in [2.75, 3.05) is 6.54 Å². The minimum absolute atomic E-state index is 0.311. The summed E-state index contributed by atoms with van der Waals surface area (Å²) in [6.45, 7) is 5.08. The SMILES string of the molecule is Cc1cc2nnc(C3CCCCCN3)n2c(C)n1. The summed E-state index contributed by atoms with van der Waals surface area (Å²) in [5, 5.41) is 12.2. The maximum Gasteiger partial charge on any atom is 0.164 e. The summed E-state index contributed by atoms with van der Waals surface area (Å²) >= 11 is 0. The van der Waals surface area contributed by atoms with Gasteiger partial charge in [0.15, 0.2) is 11.5 Å². The van der Waals surface area contributed by atoms with Crippen molar-refractivity contribution in [2.45, 2.75) is 45.6 Å². The average molecular weight is 245 g/mol. The van der Waals surface area contributed by atoms with Crippen LogP contribution in [0.25, 0.3) is 5.65 Å². The van der Waals surface area contributed by atoms with Crippen LogP contribution in [0.15, 0.2) is 6.07 Å². The Bertz CT molecular complexity index is 552. The number of aromatic nitrogens is 4. The third-order valence-corrected chi connectivity index (χ3v) is 3.58. The van der Waals surface area contributed by atoms with Gasteiger partial charge in [-0.1, -0.05) is 12.8 Å². The van der Waals surface area contributed by atoms with Crippen LogP contribution in [0.3, 0.4) is 0 Å². The van der Waals surface area contributed by atoms with Crippen molar-refractivity contribution in [3.8, 4) is 0 Å². The highest BCUT2D eigenvalue weighted by Crippen LogP contribution is 2.22. The fourth-order valence-corrected chi connectivity index (χ4v) is 2.73. The van der Waals surface area contributed by atoms with Crippen molar-refractivity contribution >= 4 is 5.65 Å². The first-order valence-electron chi connectivity index (χ1n) is 6.68. The third-order valence-electron chi connectivity index (χ3n) is 3.58. The molecule has 0 bridgehead atoms. The van der Waals surface area contributed by atoms with Gasteiger partial charge in [-0.3, -0.25) is 4.40 Å². The number of nitrogens with one attached hydrogen (secondary N) is 1. The zero-order chi connectivity index (χ0) is 12.5. The second-order valence-corrected chi connectivity index (χ2v) is 5.05. The van der Waals surface area contributed by atoms with E-state index in [1.165, 1.54) is 19.3 Å². The van der Waals surface area contributed by atoms with Gasteiger partial charge in [0.2, 0.25) is 0 Å². The molecule has 96 valence electrons. The number of aryl methyl sites for hydroxylation is 2. The summed E-state index contributed by atoms with van der Waals surface area (Å²) in [5.41, 5.74) is 1.90. The van der Waals surface area contributed by atoms with Crippen molar-refractivity contribution in [2.24, 2.45) is 0 Å². The maximum atomic E-state index is 4.51. The Morgan fingerprint density at radius 1 is 1.22 bits per heavy atom. The predicted octanol–water partition coefficient (Wildman–Crippen LogP) is 1.95. The quantitative estimate of drug-likeness (QED) is 0.834. The van der Waals surface area contributed by atoms with E-state index < -0.39 is 0 Å². The van der Waals surface area contributed by atoms with E-state index in [9.17, 15) is 0 Å². The first-order chi connectivity index (χ1) is 8.75. The van der Waals surface area contributed by atoms with Crippen molar-refractivity contribution in [1.82, 2.24) is 24.9 Å². The molecule has 5 heteroatoms. The van der Waals surface area contributed by atoms with Crippen LogP contribution in [0.2, 0.25) is 0 Å². The lowest BCUT2D eigenvalue weighted by Gasteiger charge is -2.14. The molecule has 1 N–H and O–H groups in total. The Morgan fingerprint density at radius 3 is 3.00 bits per heavy atom. The van der Waals surface area contributed by atoms with Gasteiger partial charge < -0.3 is 5.32 Å². The Labute approximate surface area is 107 Å². The van der Waals surface area contributed by atoms with Crippen LogP contribution in [-0.4, -0.2) is 26.1 Å². The molecule has 1 unspecified atom stereocenters. The highest BCUT2D eigenvalue weighted by Gasteiger charge is 2.20. The largest absolute Gasteiger partial charge is 0.307 e. The van der Waals surface area contributed by atoms with E-state index in [2.05, 4.69) is 24.9 Å². The average Bonchev–Trinajstić information content (AvgIpc) is 2.59. The van der Waals surface area contributed by atoms with Crippen molar-refractivity contribution in [3.05, 3.63) is 23.4 Å². The molecular weight excluding hydrogens is 226 g/mol. The van der Waals surface area contributed by atoms with Gasteiger partial charge in [0.1, 0.15) is 5.82 Å². The molecule has 1 saturated heterocycles. The van der Waals surface area contributed by atoms with Gasteiger partial charge in [-0.15, -0.1) is 10.2 Å². The molecule has 5 nitrogen and oxygen atoms in total. The van der Waals surface area contributed by atoms with Crippen LogP contribution in [0, 0.1) is 13.8 Å². The minimum Gasteiger partial charge on any atom is -0.307 e. The second-order valence-electron chi connectivity index (χ2n) is 5.05. The normalized spacial score (nSPS) is 21.1. The number of rotatable bonds is 1.